The number of rotatable bonds is 10. The van der Waals surface area contributed by atoms with Crippen LogP contribution >= 0.6 is 22.6 Å². The summed E-state index contributed by atoms with van der Waals surface area (Å²) >= 11 is 2.28. The number of ether oxygens (including phenoxy) is 1. The van der Waals surface area contributed by atoms with E-state index in [2.05, 4.69) is 34.8 Å². The lowest BCUT2D eigenvalue weighted by atomic mass is 10.2. The van der Waals surface area contributed by atoms with Crippen LogP contribution in [0.25, 0.3) is 0 Å². The molecule has 0 heterocycles. The molecule has 0 aliphatic heterocycles. The molecule has 108 valence electrons. The molecule has 0 radical (unpaired) electrons. The third-order valence-corrected chi connectivity index (χ3v) is 3.80. The van der Waals surface area contributed by atoms with Crippen LogP contribution in [0.3, 0.4) is 0 Å². The van der Waals surface area contributed by atoms with Crippen LogP contribution in [0.15, 0.2) is 24.3 Å². The summed E-state index contributed by atoms with van der Waals surface area (Å²) in [5, 5.41) is 13.1. The van der Waals surface area contributed by atoms with Crippen LogP contribution in [-0.2, 0) is 4.74 Å². The van der Waals surface area contributed by atoms with Crippen molar-refractivity contribution < 1.29 is 9.84 Å². The first kappa shape index (κ1) is 16.7. The largest absolute Gasteiger partial charge is 0.389 e. The van der Waals surface area contributed by atoms with Gasteiger partial charge in [-0.2, -0.15) is 0 Å². The van der Waals surface area contributed by atoms with Gasteiger partial charge < -0.3 is 15.2 Å². The lowest BCUT2D eigenvalue weighted by Crippen LogP contribution is -2.25. The van der Waals surface area contributed by atoms with Crippen LogP contribution in [0.1, 0.15) is 32.6 Å². The first-order valence-corrected chi connectivity index (χ1v) is 8.06. The summed E-state index contributed by atoms with van der Waals surface area (Å²) in [5.74, 6) is 0. The molecule has 0 aliphatic carbocycles. The molecule has 0 saturated heterocycles. The summed E-state index contributed by atoms with van der Waals surface area (Å²) < 4.78 is 6.63. The first-order chi connectivity index (χ1) is 9.24. The van der Waals surface area contributed by atoms with Crippen molar-refractivity contribution in [3.05, 3.63) is 27.8 Å². The number of para-hydroxylation sites is 1. The second-order valence-corrected chi connectivity index (χ2v) is 5.81. The van der Waals surface area contributed by atoms with Gasteiger partial charge in [0.2, 0.25) is 0 Å². The van der Waals surface area contributed by atoms with E-state index in [1.165, 1.54) is 19.3 Å². The smallest absolute Gasteiger partial charge is 0.0945 e. The van der Waals surface area contributed by atoms with Gasteiger partial charge in [-0.1, -0.05) is 38.3 Å². The average Bonchev–Trinajstić information content (AvgIpc) is 2.42. The maximum atomic E-state index is 9.81. The maximum absolute atomic E-state index is 9.81. The Labute approximate surface area is 129 Å². The summed E-state index contributed by atoms with van der Waals surface area (Å²) in [4.78, 5) is 0. The molecule has 1 rings (SSSR count). The van der Waals surface area contributed by atoms with Crippen molar-refractivity contribution in [2.75, 3.05) is 25.1 Å². The van der Waals surface area contributed by atoms with Gasteiger partial charge in [-0.25, -0.2) is 0 Å². The Balaban J connectivity index is 2.08. The van der Waals surface area contributed by atoms with Crippen molar-refractivity contribution in [1.29, 1.82) is 0 Å². The molecule has 0 amide bonds. The highest BCUT2D eigenvalue weighted by molar-refractivity contribution is 14.1. The van der Waals surface area contributed by atoms with Gasteiger partial charge in [0, 0.05) is 22.4 Å². The number of hydrogen-bond donors (Lipinski definition) is 2. The molecule has 2 N–H and O–H groups in total. The van der Waals surface area contributed by atoms with Gasteiger partial charge in [0.25, 0.3) is 0 Å². The molecule has 0 spiro atoms. The second kappa shape index (κ2) is 10.5. The number of hydrogen-bond acceptors (Lipinski definition) is 3. The zero-order chi connectivity index (χ0) is 13.9. The minimum Gasteiger partial charge on any atom is -0.389 e. The van der Waals surface area contributed by atoms with Crippen LogP contribution in [-0.4, -0.2) is 31.0 Å². The van der Waals surface area contributed by atoms with E-state index >= 15 is 0 Å². The molecule has 1 aromatic rings. The molecule has 1 aromatic carbocycles. The van der Waals surface area contributed by atoms with Gasteiger partial charge in [-0.05, 0) is 41.1 Å². The topological polar surface area (TPSA) is 41.5 Å². The van der Waals surface area contributed by atoms with E-state index in [1.54, 1.807) is 0 Å². The summed E-state index contributed by atoms with van der Waals surface area (Å²) in [6.07, 6.45) is 4.35. The van der Waals surface area contributed by atoms with Crippen LogP contribution in [0.2, 0.25) is 0 Å². The van der Waals surface area contributed by atoms with E-state index in [0.29, 0.717) is 13.2 Å². The minimum absolute atomic E-state index is 0.405. The number of anilines is 1. The number of aliphatic hydroxyl groups excluding tert-OH is 1. The van der Waals surface area contributed by atoms with Gasteiger partial charge in [-0.15, -0.1) is 0 Å². The first-order valence-electron chi connectivity index (χ1n) is 6.98. The molecule has 3 nitrogen and oxygen atoms in total. The fourth-order valence-corrected chi connectivity index (χ4v) is 2.32. The zero-order valence-corrected chi connectivity index (χ0v) is 13.7. The number of unbranched alkanes of at least 4 members (excludes halogenated alkanes) is 3. The molecule has 0 bridgehead atoms. The van der Waals surface area contributed by atoms with Crippen molar-refractivity contribution in [1.82, 2.24) is 0 Å². The number of nitrogens with one attached hydrogen (secondary N) is 1. The van der Waals surface area contributed by atoms with E-state index in [4.69, 9.17) is 4.74 Å². The van der Waals surface area contributed by atoms with Crippen LogP contribution in [0.5, 0.6) is 0 Å². The Hall–Kier alpha value is -0.330. The van der Waals surface area contributed by atoms with Gasteiger partial charge in [0.15, 0.2) is 0 Å². The zero-order valence-electron chi connectivity index (χ0n) is 11.6. The quantitative estimate of drug-likeness (QED) is 0.483. The molecule has 0 aromatic heterocycles. The third kappa shape index (κ3) is 7.74. The van der Waals surface area contributed by atoms with Gasteiger partial charge in [-0.3, -0.25) is 0 Å². The summed E-state index contributed by atoms with van der Waals surface area (Å²) in [6, 6.07) is 8.05. The standard InChI is InChI=1S/C15H24INO2/c1-2-3-4-7-10-19-12-13(18)11-17-15-9-6-5-8-14(15)16/h5-6,8-9,13,17-18H,2-4,7,10-12H2,1H3. The fourth-order valence-electron chi connectivity index (χ4n) is 1.74. The van der Waals surface area contributed by atoms with Gasteiger partial charge >= 0.3 is 0 Å². The SMILES string of the molecule is CCCCCCOCC(O)CNc1ccccc1I. The van der Waals surface area contributed by atoms with Crippen molar-refractivity contribution in [3.8, 4) is 0 Å². The number of benzene rings is 1. The highest BCUT2D eigenvalue weighted by atomic mass is 127. The van der Waals surface area contributed by atoms with Crippen LogP contribution < -0.4 is 5.32 Å². The van der Waals surface area contributed by atoms with E-state index in [0.717, 1.165) is 22.3 Å². The Kier molecular flexibility index (Phi) is 9.20. The van der Waals surface area contributed by atoms with E-state index < -0.39 is 6.10 Å². The normalized spacial score (nSPS) is 12.4. The van der Waals surface area contributed by atoms with Crippen LogP contribution in [0, 0.1) is 3.57 Å². The molecule has 0 aliphatic rings. The summed E-state index contributed by atoms with van der Waals surface area (Å²) in [7, 11) is 0. The summed E-state index contributed by atoms with van der Waals surface area (Å²) in [5.41, 5.74) is 1.06. The van der Waals surface area contributed by atoms with Crippen molar-refractivity contribution in [2.24, 2.45) is 0 Å². The monoisotopic (exact) mass is 377 g/mol. The lowest BCUT2D eigenvalue weighted by molar-refractivity contribution is 0.0416. The number of halogens is 1. The average molecular weight is 377 g/mol. The Morgan fingerprint density at radius 2 is 2.05 bits per heavy atom. The molecular formula is C15H24INO2. The predicted octanol–water partition coefficient (Wildman–Crippen LogP) is 3.66. The fraction of sp³-hybridized carbons (Fsp3) is 0.600. The van der Waals surface area contributed by atoms with Crippen molar-refractivity contribution in [2.45, 2.75) is 38.7 Å². The molecule has 0 fully saturated rings. The number of aliphatic hydroxyl groups is 1. The highest BCUT2D eigenvalue weighted by Crippen LogP contribution is 2.16. The van der Waals surface area contributed by atoms with E-state index in [1.807, 2.05) is 24.3 Å². The Bertz CT molecular complexity index is 347. The van der Waals surface area contributed by atoms with E-state index in [9.17, 15) is 5.11 Å². The molecule has 4 heteroatoms. The molecule has 1 unspecified atom stereocenters. The summed E-state index contributed by atoms with van der Waals surface area (Å²) in [6.45, 7) is 3.87. The highest BCUT2D eigenvalue weighted by Gasteiger charge is 2.05. The lowest BCUT2D eigenvalue weighted by Gasteiger charge is -2.14. The third-order valence-electron chi connectivity index (χ3n) is 2.85. The van der Waals surface area contributed by atoms with Crippen molar-refractivity contribution in [3.63, 3.8) is 0 Å². The minimum atomic E-state index is -0.456. The van der Waals surface area contributed by atoms with Gasteiger partial charge in [0.05, 0.1) is 12.7 Å². The second-order valence-electron chi connectivity index (χ2n) is 4.65. The Morgan fingerprint density at radius 3 is 2.79 bits per heavy atom. The predicted molar refractivity (Wildman–Crippen MR) is 88.6 cm³/mol. The Morgan fingerprint density at radius 1 is 1.26 bits per heavy atom. The molecule has 1 atom stereocenters. The molecule has 19 heavy (non-hydrogen) atoms. The maximum Gasteiger partial charge on any atom is 0.0945 e. The molecule has 0 saturated carbocycles. The molecular weight excluding hydrogens is 353 g/mol. The van der Waals surface area contributed by atoms with E-state index in [-0.39, 0.29) is 0 Å². The van der Waals surface area contributed by atoms with Gasteiger partial charge in [0.1, 0.15) is 0 Å². The van der Waals surface area contributed by atoms with Crippen LogP contribution in [0.4, 0.5) is 5.69 Å². The van der Waals surface area contributed by atoms with Crippen molar-refractivity contribution >= 4 is 28.3 Å².